The van der Waals surface area contributed by atoms with Gasteiger partial charge in [0.15, 0.2) is 0 Å². The van der Waals surface area contributed by atoms with Gasteiger partial charge in [-0.25, -0.2) is 0 Å². The molecule has 0 bridgehead atoms. The topological polar surface area (TPSA) is 53.2 Å². The van der Waals surface area contributed by atoms with Gasteiger partial charge >= 0.3 is 0 Å². The maximum Gasteiger partial charge on any atom is 0.0742 e. The Morgan fingerprint density at radius 3 is 2.59 bits per heavy atom. The van der Waals surface area contributed by atoms with Crippen LogP contribution in [0.25, 0.3) is 0 Å². The van der Waals surface area contributed by atoms with E-state index in [1.54, 1.807) is 0 Å². The van der Waals surface area contributed by atoms with Gasteiger partial charge in [-0.3, -0.25) is 0 Å². The lowest BCUT2D eigenvalue weighted by atomic mass is 9.86. The highest BCUT2D eigenvalue weighted by atomic mass is 16.5. The molecule has 1 unspecified atom stereocenters. The Bertz CT molecular complexity index is 368. The molecule has 0 aliphatic heterocycles. The second-order valence-corrected chi connectivity index (χ2v) is 4.85. The summed E-state index contributed by atoms with van der Waals surface area (Å²) in [5, 5.41) is 18.3. The summed E-state index contributed by atoms with van der Waals surface area (Å²) in [6.07, 6.45) is -0.509. The predicted octanol–water partition coefficient (Wildman–Crippen LogP) is 2.50. The van der Waals surface area contributed by atoms with Crippen LogP contribution in [0, 0.1) is 16.7 Å². The molecule has 0 saturated heterocycles. The Hall–Kier alpha value is -1.37. The zero-order chi connectivity index (χ0) is 12.7. The van der Waals surface area contributed by atoms with Gasteiger partial charge in [-0.05, 0) is 5.56 Å². The molecule has 1 aromatic rings. The number of ether oxygens (including phenoxy) is 1. The van der Waals surface area contributed by atoms with Gasteiger partial charge in [0.1, 0.15) is 0 Å². The maximum atomic E-state index is 9.77. The summed E-state index contributed by atoms with van der Waals surface area (Å²) in [5.74, 6) is 0. The van der Waals surface area contributed by atoms with Crippen molar-refractivity contribution in [3.8, 4) is 6.07 Å². The number of aliphatic hydroxyl groups is 1. The summed E-state index contributed by atoms with van der Waals surface area (Å²) in [4.78, 5) is 0. The number of aliphatic hydroxyl groups excluding tert-OH is 1. The minimum absolute atomic E-state index is 0.141. The van der Waals surface area contributed by atoms with Gasteiger partial charge in [0, 0.05) is 5.41 Å². The third-order valence-corrected chi connectivity index (χ3v) is 2.77. The molecule has 92 valence electrons. The minimum Gasteiger partial charge on any atom is -0.391 e. The Morgan fingerprint density at radius 1 is 1.35 bits per heavy atom. The largest absolute Gasteiger partial charge is 0.391 e. The number of benzene rings is 1. The first-order chi connectivity index (χ1) is 8.06. The van der Waals surface area contributed by atoms with Crippen LogP contribution in [0.5, 0.6) is 0 Å². The highest BCUT2D eigenvalue weighted by Crippen LogP contribution is 2.23. The summed E-state index contributed by atoms with van der Waals surface area (Å²) < 4.78 is 5.58. The number of nitriles is 1. The van der Waals surface area contributed by atoms with Crippen LogP contribution in [-0.4, -0.2) is 17.8 Å². The van der Waals surface area contributed by atoms with Crippen molar-refractivity contribution in [1.29, 1.82) is 5.26 Å². The van der Waals surface area contributed by atoms with Gasteiger partial charge in [0.2, 0.25) is 0 Å². The van der Waals surface area contributed by atoms with Crippen molar-refractivity contribution in [2.45, 2.75) is 33.0 Å². The molecule has 1 atom stereocenters. The zero-order valence-corrected chi connectivity index (χ0v) is 10.4. The first-order valence-corrected chi connectivity index (χ1v) is 5.73. The quantitative estimate of drug-likeness (QED) is 0.821. The molecule has 0 heterocycles. The number of nitrogens with zero attached hydrogens (tertiary/aromatic N) is 1. The second kappa shape index (κ2) is 6.39. The van der Waals surface area contributed by atoms with E-state index in [4.69, 9.17) is 10.00 Å². The van der Waals surface area contributed by atoms with E-state index in [0.717, 1.165) is 5.56 Å². The van der Waals surface area contributed by atoms with Crippen LogP contribution in [0.1, 0.15) is 25.8 Å². The molecule has 0 aromatic heterocycles. The molecule has 0 aliphatic rings. The average molecular weight is 233 g/mol. The molecular formula is C14H19NO2. The summed E-state index contributed by atoms with van der Waals surface area (Å²) in [5.41, 5.74) is 0.711. The molecular weight excluding hydrogens is 214 g/mol. The van der Waals surface area contributed by atoms with Crippen LogP contribution >= 0.6 is 0 Å². The van der Waals surface area contributed by atoms with Crippen LogP contribution in [0.3, 0.4) is 0 Å². The molecule has 0 radical (unpaired) electrons. The second-order valence-electron chi connectivity index (χ2n) is 4.85. The lowest BCUT2D eigenvalue weighted by Crippen LogP contribution is -2.33. The van der Waals surface area contributed by atoms with Gasteiger partial charge in [-0.2, -0.15) is 5.26 Å². The van der Waals surface area contributed by atoms with Crippen LogP contribution in [0.15, 0.2) is 30.3 Å². The standard InChI is InChI=1S/C14H19NO2/c1-14(2,13(16)8-9-15)11-17-10-12-6-4-3-5-7-12/h3-7,13,16H,8,10-11H2,1-2H3. The highest BCUT2D eigenvalue weighted by Gasteiger charge is 2.27. The van der Waals surface area contributed by atoms with E-state index in [1.165, 1.54) is 0 Å². The minimum atomic E-state index is -0.650. The first-order valence-electron chi connectivity index (χ1n) is 5.73. The molecule has 3 nitrogen and oxygen atoms in total. The molecule has 1 N–H and O–H groups in total. The van der Waals surface area contributed by atoms with Crippen LogP contribution in [0.2, 0.25) is 0 Å². The molecule has 0 spiro atoms. The van der Waals surface area contributed by atoms with Gasteiger partial charge in [0.05, 0.1) is 31.8 Å². The highest BCUT2D eigenvalue weighted by molar-refractivity contribution is 5.13. The van der Waals surface area contributed by atoms with Gasteiger partial charge in [0.25, 0.3) is 0 Å². The summed E-state index contributed by atoms with van der Waals surface area (Å²) in [6, 6.07) is 11.9. The Balaban J connectivity index is 2.38. The van der Waals surface area contributed by atoms with Crippen molar-refractivity contribution in [1.82, 2.24) is 0 Å². The van der Waals surface area contributed by atoms with E-state index in [2.05, 4.69) is 0 Å². The lowest BCUT2D eigenvalue weighted by Gasteiger charge is -2.28. The van der Waals surface area contributed by atoms with E-state index in [0.29, 0.717) is 13.2 Å². The SMILES string of the molecule is CC(C)(COCc1ccccc1)C(O)CC#N. The molecule has 1 aromatic carbocycles. The first kappa shape index (κ1) is 13.7. The van der Waals surface area contributed by atoms with Crippen LogP contribution in [-0.2, 0) is 11.3 Å². The number of hydrogen-bond acceptors (Lipinski definition) is 3. The molecule has 0 fully saturated rings. The van der Waals surface area contributed by atoms with E-state index in [9.17, 15) is 5.11 Å². The predicted molar refractivity (Wildman–Crippen MR) is 66.1 cm³/mol. The molecule has 17 heavy (non-hydrogen) atoms. The fraction of sp³-hybridized carbons (Fsp3) is 0.500. The third kappa shape index (κ3) is 4.56. The monoisotopic (exact) mass is 233 g/mol. The molecule has 0 aliphatic carbocycles. The Morgan fingerprint density at radius 2 is 2.00 bits per heavy atom. The van der Waals surface area contributed by atoms with E-state index >= 15 is 0 Å². The lowest BCUT2D eigenvalue weighted by molar-refractivity contribution is -0.0266. The molecule has 3 heteroatoms. The fourth-order valence-electron chi connectivity index (χ4n) is 1.47. The van der Waals surface area contributed by atoms with Crippen molar-refractivity contribution < 1.29 is 9.84 Å². The van der Waals surface area contributed by atoms with Gasteiger partial charge in [-0.1, -0.05) is 44.2 Å². The number of rotatable bonds is 6. The molecule has 0 saturated carbocycles. The maximum absolute atomic E-state index is 9.77. The number of hydrogen-bond donors (Lipinski definition) is 1. The van der Waals surface area contributed by atoms with Crippen molar-refractivity contribution in [3.05, 3.63) is 35.9 Å². The van der Waals surface area contributed by atoms with Crippen molar-refractivity contribution in [2.75, 3.05) is 6.61 Å². The van der Waals surface area contributed by atoms with Gasteiger partial charge in [-0.15, -0.1) is 0 Å². The van der Waals surface area contributed by atoms with Crippen LogP contribution in [0.4, 0.5) is 0 Å². The van der Waals surface area contributed by atoms with Gasteiger partial charge < -0.3 is 9.84 Å². The summed E-state index contributed by atoms with van der Waals surface area (Å²) >= 11 is 0. The normalized spacial score (nSPS) is 13.1. The van der Waals surface area contributed by atoms with Crippen LogP contribution < -0.4 is 0 Å². The van der Waals surface area contributed by atoms with E-state index in [-0.39, 0.29) is 6.42 Å². The molecule has 0 amide bonds. The Labute approximate surface area is 103 Å². The smallest absolute Gasteiger partial charge is 0.0742 e. The van der Waals surface area contributed by atoms with E-state index < -0.39 is 11.5 Å². The molecule has 1 rings (SSSR count). The van der Waals surface area contributed by atoms with Crippen molar-refractivity contribution in [2.24, 2.45) is 5.41 Å². The van der Waals surface area contributed by atoms with Crippen molar-refractivity contribution >= 4 is 0 Å². The van der Waals surface area contributed by atoms with E-state index in [1.807, 2.05) is 50.2 Å². The summed E-state index contributed by atoms with van der Waals surface area (Å²) in [6.45, 7) is 4.77. The fourth-order valence-corrected chi connectivity index (χ4v) is 1.47. The zero-order valence-electron chi connectivity index (χ0n) is 10.4. The average Bonchev–Trinajstić information content (AvgIpc) is 2.30. The van der Waals surface area contributed by atoms with Crippen molar-refractivity contribution in [3.63, 3.8) is 0 Å². The Kier molecular flexibility index (Phi) is 5.14. The third-order valence-electron chi connectivity index (χ3n) is 2.77. The summed E-state index contributed by atoms with van der Waals surface area (Å²) in [7, 11) is 0.